The topological polar surface area (TPSA) is 67.2 Å². The van der Waals surface area contributed by atoms with Gasteiger partial charge in [-0.25, -0.2) is 4.39 Å². The zero-order chi connectivity index (χ0) is 19.1. The van der Waals surface area contributed by atoms with Crippen LogP contribution in [0.5, 0.6) is 11.5 Å². The molecule has 0 unspecified atom stereocenters. The van der Waals surface area contributed by atoms with Crippen LogP contribution < -0.4 is 10.3 Å². The van der Waals surface area contributed by atoms with E-state index in [2.05, 4.69) is 4.98 Å². The maximum atomic E-state index is 14.2. The maximum Gasteiger partial charge on any atom is 0.260 e. The number of H-pyrrole nitrogens is 1. The molecule has 2 N–H and O–H groups in total. The number of benzene rings is 2. The van der Waals surface area contributed by atoms with Crippen molar-refractivity contribution in [2.24, 2.45) is 0 Å². The number of aromatic hydroxyl groups is 1. The molecule has 2 heterocycles. The minimum atomic E-state index is -0.605. The third-order valence-electron chi connectivity index (χ3n) is 4.37. The van der Waals surface area contributed by atoms with Gasteiger partial charge in [-0.1, -0.05) is 29.8 Å². The zero-order valence-electron chi connectivity index (χ0n) is 14.2. The molecule has 0 radical (unpaired) electrons. The van der Waals surface area contributed by atoms with E-state index in [-0.39, 0.29) is 27.5 Å². The van der Waals surface area contributed by atoms with E-state index in [1.807, 2.05) is 0 Å². The summed E-state index contributed by atoms with van der Waals surface area (Å²) in [6.45, 7) is 0. The Kier molecular flexibility index (Phi) is 4.12. The van der Waals surface area contributed by atoms with Gasteiger partial charge < -0.3 is 14.8 Å². The molecule has 7 heteroatoms. The molecule has 27 heavy (non-hydrogen) atoms. The van der Waals surface area contributed by atoms with Crippen LogP contribution >= 0.6 is 11.6 Å². The molecule has 0 saturated heterocycles. The van der Waals surface area contributed by atoms with Gasteiger partial charge in [0.1, 0.15) is 22.2 Å². The quantitative estimate of drug-likeness (QED) is 0.546. The lowest BCUT2D eigenvalue weighted by molar-refractivity contribution is 0.415. The molecular formula is C20H14ClFN2O3. The summed E-state index contributed by atoms with van der Waals surface area (Å²) < 4.78 is 21.0. The molecular weight excluding hydrogens is 371 g/mol. The van der Waals surface area contributed by atoms with Gasteiger partial charge in [0, 0.05) is 11.3 Å². The number of pyridine rings is 1. The van der Waals surface area contributed by atoms with Crippen molar-refractivity contribution in [2.45, 2.75) is 0 Å². The molecule has 0 aliphatic rings. The summed E-state index contributed by atoms with van der Waals surface area (Å²) in [5.74, 6) is -0.288. The van der Waals surface area contributed by atoms with Crippen LogP contribution in [0.15, 0.2) is 59.4 Å². The highest BCUT2D eigenvalue weighted by Crippen LogP contribution is 2.37. The largest absolute Gasteiger partial charge is 0.505 e. The van der Waals surface area contributed by atoms with E-state index in [1.54, 1.807) is 42.0 Å². The van der Waals surface area contributed by atoms with E-state index < -0.39 is 11.4 Å². The number of hydrogen-bond acceptors (Lipinski definition) is 3. The molecule has 136 valence electrons. The number of rotatable bonds is 3. The molecule has 4 rings (SSSR count). The molecule has 5 nitrogen and oxygen atoms in total. The fraction of sp³-hybridized carbons (Fsp3) is 0.0500. The number of halogens is 2. The molecule has 0 bridgehead atoms. The lowest BCUT2D eigenvalue weighted by atomic mass is 10.1. The summed E-state index contributed by atoms with van der Waals surface area (Å²) in [6.07, 6.45) is 0. The van der Waals surface area contributed by atoms with Gasteiger partial charge in [0.05, 0.1) is 18.2 Å². The SMILES string of the molecule is COc1ccc(-n2c(Cl)cc3[nH]c(=O)c(-c4ccccc4F)c(O)c32)cc1. The standard InChI is InChI=1S/C20H14ClFN2O3/c1-27-12-8-6-11(7-9-12)24-16(21)10-15-18(24)19(25)17(20(26)23-15)13-4-2-3-5-14(13)22/h2-10H,1H3,(H2,23,25,26). The number of nitrogens with zero attached hydrogens (tertiary/aromatic N) is 1. The first-order valence-corrected chi connectivity index (χ1v) is 8.44. The van der Waals surface area contributed by atoms with E-state index in [1.165, 1.54) is 24.3 Å². The van der Waals surface area contributed by atoms with Crippen LogP contribution in [0.2, 0.25) is 5.15 Å². The van der Waals surface area contributed by atoms with Crippen molar-refractivity contribution >= 4 is 22.6 Å². The van der Waals surface area contributed by atoms with Crippen LogP contribution in [0.4, 0.5) is 4.39 Å². The highest BCUT2D eigenvalue weighted by molar-refractivity contribution is 6.31. The van der Waals surface area contributed by atoms with Gasteiger partial charge in [-0.05, 0) is 36.4 Å². The highest BCUT2D eigenvalue weighted by Gasteiger charge is 2.21. The Morgan fingerprint density at radius 3 is 2.52 bits per heavy atom. The summed E-state index contributed by atoms with van der Waals surface area (Å²) in [4.78, 5) is 15.2. The number of fused-ring (bicyclic) bond motifs is 1. The third kappa shape index (κ3) is 2.74. The average Bonchev–Trinajstić information content (AvgIpc) is 2.99. The molecule has 0 aliphatic heterocycles. The Bertz CT molecular complexity index is 1210. The van der Waals surface area contributed by atoms with Crippen molar-refractivity contribution in [2.75, 3.05) is 7.11 Å². The summed E-state index contributed by atoms with van der Waals surface area (Å²) in [5.41, 5.74) is 0.537. The van der Waals surface area contributed by atoms with E-state index in [4.69, 9.17) is 16.3 Å². The summed E-state index contributed by atoms with van der Waals surface area (Å²) in [5, 5.41) is 11.2. The average molecular weight is 385 g/mol. The van der Waals surface area contributed by atoms with Crippen LogP contribution in [-0.4, -0.2) is 21.8 Å². The van der Waals surface area contributed by atoms with Gasteiger partial charge >= 0.3 is 0 Å². The second-order valence-electron chi connectivity index (χ2n) is 5.92. The molecule has 4 aromatic rings. The molecule has 0 spiro atoms. The van der Waals surface area contributed by atoms with Gasteiger partial charge in [0.2, 0.25) is 0 Å². The minimum absolute atomic E-state index is 0.0109. The normalized spacial score (nSPS) is 11.1. The summed E-state index contributed by atoms with van der Waals surface area (Å²) >= 11 is 6.35. The third-order valence-corrected chi connectivity index (χ3v) is 4.64. The van der Waals surface area contributed by atoms with Crippen LogP contribution in [-0.2, 0) is 0 Å². The summed E-state index contributed by atoms with van der Waals surface area (Å²) in [7, 11) is 1.56. The predicted molar refractivity (Wildman–Crippen MR) is 103 cm³/mol. The Balaban J connectivity index is 2.04. The highest BCUT2D eigenvalue weighted by atomic mass is 35.5. The van der Waals surface area contributed by atoms with Gasteiger partial charge in [0.25, 0.3) is 5.56 Å². The number of methoxy groups -OCH3 is 1. The minimum Gasteiger partial charge on any atom is -0.505 e. The predicted octanol–water partition coefficient (Wildman–Crippen LogP) is 4.49. The van der Waals surface area contributed by atoms with Crippen molar-refractivity contribution in [3.8, 4) is 28.3 Å². The van der Waals surface area contributed by atoms with Crippen molar-refractivity contribution < 1.29 is 14.2 Å². The van der Waals surface area contributed by atoms with Gasteiger partial charge in [-0.15, -0.1) is 0 Å². The second kappa shape index (κ2) is 6.48. The van der Waals surface area contributed by atoms with Crippen molar-refractivity contribution in [3.63, 3.8) is 0 Å². The lowest BCUT2D eigenvalue weighted by Gasteiger charge is -2.11. The van der Waals surface area contributed by atoms with Crippen LogP contribution in [0, 0.1) is 5.82 Å². The van der Waals surface area contributed by atoms with Gasteiger partial charge in [-0.3, -0.25) is 9.36 Å². The van der Waals surface area contributed by atoms with Crippen LogP contribution in [0.1, 0.15) is 0 Å². The van der Waals surface area contributed by atoms with Crippen molar-refractivity contribution in [3.05, 3.63) is 75.9 Å². The second-order valence-corrected chi connectivity index (χ2v) is 6.31. The number of ether oxygens (including phenoxy) is 1. The molecule has 2 aromatic carbocycles. The first-order valence-electron chi connectivity index (χ1n) is 8.06. The Hall–Kier alpha value is -3.25. The van der Waals surface area contributed by atoms with E-state index in [0.29, 0.717) is 17.0 Å². The molecule has 0 aliphatic carbocycles. The first kappa shape index (κ1) is 17.2. The zero-order valence-corrected chi connectivity index (χ0v) is 14.9. The van der Waals surface area contributed by atoms with E-state index >= 15 is 0 Å². The number of nitrogens with one attached hydrogen (secondary N) is 1. The maximum absolute atomic E-state index is 14.2. The van der Waals surface area contributed by atoms with Gasteiger partial charge in [-0.2, -0.15) is 0 Å². The Morgan fingerprint density at radius 2 is 1.85 bits per heavy atom. The molecule has 0 saturated carbocycles. The number of aromatic nitrogens is 2. The number of hydrogen-bond donors (Lipinski definition) is 2. The Labute approximate surface area is 158 Å². The Morgan fingerprint density at radius 1 is 1.15 bits per heavy atom. The lowest BCUT2D eigenvalue weighted by Crippen LogP contribution is -2.10. The van der Waals surface area contributed by atoms with Crippen molar-refractivity contribution in [1.29, 1.82) is 0 Å². The fourth-order valence-corrected chi connectivity index (χ4v) is 3.41. The molecule has 0 amide bonds. The smallest absolute Gasteiger partial charge is 0.260 e. The van der Waals surface area contributed by atoms with Crippen LogP contribution in [0.3, 0.4) is 0 Å². The first-order chi connectivity index (χ1) is 13.0. The van der Waals surface area contributed by atoms with E-state index in [9.17, 15) is 14.3 Å². The summed E-state index contributed by atoms with van der Waals surface area (Å²) in [6, 6.07) is 14.3. The number of aromatic amines is 1. The van der Waals surface area contributed by atoms with Gasteiger partial charge in [0.15, 0.2) is 5.75 Å². The monoisotopic (exact) mass is 384 g/mol. The van der Waals surface area contributed by atoms with Crippen LogP contribution in [0.25, 0.3) is 27.8 Å². The fourth-order valence-electron chi connectivity index (χ4n) is 3.12. The van der Waals surface area contributed by atoms with E-state index in [0.717, 1.165) is 0 Å². The van der Waals surface area contributed by atoms with Crippen molar-refractivity contribution in [1.82, 2.24) is 9.55 Å². The molecule has 0 fully saturated rings. The molecule has 0 atom stereocenters. The molecule has 2 aromatic heterocycles.